The first kappa shape index (κ1) is 9.50. The van der Waals surface area contributed by atoms with E-state index in [1.54, 1.807) is 0 Å². The summed E-state index contributed by atoms with van der Waals surface area (Å²) in [4.78, 5) is 17.0. The van der Waals surface area contributed by atoms with Crippen molar-refractivity contribution in [1.82, 2.24) is 9.97 Å². The fraction of sp³-hybridized carbons (Fsp3) is 0.286. The molecule has 1 rings (SSSR count). The van der Waals surface area contributed by atoms with Crippen LogP contribution < -0.4 is 0 Å². The Morgan fingerprint density at radius 1 is 1.46 bits per heavy atom. The molecule has 0 radical (unpaired) electrons. The third-order valence-corrected chi connectivity index (χ3v) is 1.35. The van der Waals surface area contributed by atoms with Crippen molar-refractivity contribution in [2.24, 2.45) is 0 Å². The molecule has 1 aromatic heterocycles. The molecule has 0 fully saturated rings. The maximum absolute atomic E-state index is 12.6. The van der Waals surface area contributed by atoms with Gasteiger partial charge in [0.05, 0.1) is 6.42 Å². The SMILES string of the molecule is O=C(O)C(F)(F)Cc1cncnc1. The number of aromatic nitrogens is 2. The maximum atomic E-state index is 12.6. The van der Waals surface area contributed by atoms with Crippen LogP contribution in [-0.4, -0.2) is 27.0 Å². The molecule has 4 nitrogen and oxygen atoms in total. The van der Waals surface area contributed by atoms with Crippen molar-refractivity contribution in [3.8, 4) is 0 Å². The minimum absolute atomic E-state index is 0.0925. The Balaban J connectivity index is 2.75. The summed E-state index contributed by atoms with van der Waals surface area (Å²) >= 11 is 0. The van der Waals surface area contributed by atoms with E-state index in [-0.39, 0.29) is 5.56 Å². The summed E-state index contributed by atoms with van der Waals surface area (Å²) in [5.74, 6) is -5.90. The lowest BCUT2D eigenvalue weighted by Gasteiger charge is -2.09. The monoisotopic (exact) mass is 188 g/mol. The molecule has 1 N–H and O–H groups in total. The van der Waals surface area contributed by atoms with Gasteiger partial charge in [0.15, 0.2) is 0 Å². The number of hydrogen-bond donors (Lipinski definition) is 1. The highest BCUT2D eigenvalue weighted by Gasteiger charge is 2.38. The summed E-state index contributed by atoms with van der Waals surface area (Å²) in [5, 5.41) is 8.11. The summed E-state index contributed by atoms with van der Waals surface area (Å²) in [5.41, 5.74) is 0.0925. The van der Waals surface area contributed by atoms with Crippen LogP contribution in [-0.2, 0) is 11.2 Å². The van der Waals surface area contributed by atoms with Crippen molar-refractivity contribution in [3.63, 3.8) is 0 Å². The van der Waals surface area contributed by atoms with Gasteiger partial charge in [0.25, 0.3) is 0 Å². The van der Waals surface area contributed by atoms with Gasteiger partial charge in [-0.05, 0) is 5.56 Å². The number of carbonyl (C=O) groups is 1. The van der Waals surface area contributed by atoms with Crippen LogP contribution in [0.2, 0.25) is 0 Å². The molecular formula is C7H6F2N2O2. The van der Waals surface area contributed by atoms with E-state index >= 15 is 0 Å². The Morgan fingerprint density at radius 2 is 2.00 bits per heavy atom. The van der Waals surface area contributed by atoms with Gasteiger partial charge < -0.3 is 5.11 Å². The van der Waals surface area contributed by atoms with E-state index in [2.05, 4.69) is 9.97 Å². The number of rotatable bonds is 3. The second kappa shape index (κ2) is 3.42. The normalized spacial score (nSPS) is 11.2. The first-order valence-electron chi connectivity index (χ1n) is 3.37. The molecule has 1 heterocycles. The Labute approximate surface area is 72.3 Å². The number of halogens is 2. The Kier molecular flexibility index (Phi) is 2.50. The molecule has 0 bridgehead atoms. The second-order valence-corrected chi connectivity index (χ2v) is 2.43. The van der Waals surface area contributed by atoms with Gasteiger partial charge in [0, 0.05) is 12.4 Å². The number of alkyl halides is 2. The molecule has 0 unspecified atom stereocenters. The Morgan fingerprint density at radius 3 is 2.46 bits per heavy atom. The molecule has 0 aliphatic carbocycles. The van der Waals surface area contributed by atoms with Crippen molar-refractivity contribution in [1.29, 1.82) is 0 Å². The molecule has 0 saturated heterocycles. The molecular weight excluding hydrogens is 182 g/mol. The molecule has 0 aliphatic heterocycles. The summed E-state index contributed by atoms with van der Waals surface area (Å²) in [7, 11) is 0. The fourth-order valence-corrected chi connectivity index (χ4v) is 0.753. The molecule has 0 aliphatic rings. The first-order chi connectivity index (χ1) is 6.02. The number of aliphatic carboxylic acids is 1. The van der Waals surface area contributed by atoms with Gasteiger partial charge in [-0.15, -0.1) is 0 Å². The van der Waals surface area contributed by atoms with E-state index in [0.717, 1.165) is 12.4 Å². The van der Waals surface area contributed by atoms with Crippen molar-refractivity contribution in [2.75, 3.05) is 0 Å². The first-order valence-corrected chi connectivity index (χ1v) is 3.37. The van der Waals surface area contributed by atoms with Gasteiger partial charge in [0.1, 0.15) is 6.33 Å². The Hall–Kier alpha value is -1.59. The van der Waals surface area contributed by atoms with Gasteiger partial charge in [-0.2, -0.15) is 8.78 Å². The van der Waals surface area contributed by atoms with Crippen LogP contribution in [0.15, 0.2) is 18.7 Å². The smallest absolute Gasteiger partial charge is 0.374 e. The number of hydrogen-bond acceptors (Lipinski definition) is 3. The predicted octanol–water partition coefficient (Wildman–Crippen LogP) is 0.739. The lowest BCUT2D eigenvalue weighted by Crippen LogP contribution is -2.30. The van der Waals surface area contributed by atoms with Gasteiger partial charge >= 0.3 is 11.9 Å². The van der Waals surface area contributed by atoms with Gasteiger partial charge in [0.2, 0.25) is 0 Å². The second-order valence-electron chi connectivity index (χ2n) is 2.43. The van der Waals surface area contributed by atoms with Crippen molar-refractivity contribution in [3.05, 3.63) is 24.3 Å². The molecule has 0 aromatic carbocycles. The van der Waals surface area contributed by atoms with Crippen molar-refractivity contribution in [2.45, 2.75) is 12.3 Å². The van der Waals surface area contributed by atoms with Crippen LogP contribution in [0, 0.1) is 0 Å². The van der Waals surface area contributed by atoms with E-state index in [4.69, 9.17) is 5.11 Å². The largest absolute Gasteiger partial charge is 0.477 e. The fourth-order valence-electron chi connectivity index (χ4n) is 0.753. The highest BCUT2D eigenvalue weighted by Crippen LogP contribution is 2.18. The molecule has 0 amide bonds. The van der Waals surface area contributed by atoms with Gasteiger partial charge in [-0.25, -0.2) is 14.8 Å². The summed E-state index contributed by atoms with van der Waals surface area (Å²) in [6.45, 7) is 0. The predicted molar refractivity (Wildman–Crippen MR) is 38.3 cm³/mol. The van der Waals surface area contributed by atoms with Crippen molar-refractivity contribution >= 4 is 5.97 Å². The standard InChI is InChI=1S/C7H6F2N2O2/c8-7(9,6(12)13)1-5-2-10-4-11-3-5/h2-4H,1H2,(H,12,13). The molecule has 70 valence electrons. The van der Waals surface area contributed by atoms with Crippen LogP contribution >= 0.6 is 0 Å². The highest BCUT2D eigenvalue weighted by molar-refractivity contribution is 5.75. The van der Waals surface area contributed by atoms with E-state index in [1.807, 2.05) is 0 Å². The highest BCUT2D eigenvalue weighted by atomic mass is 19.3. The number of carboxylic acids is 1. The molecule has 1 aromatic rings. The van der Waals surface area contributed by atoms with Crippen LogP contribution in [0.25, 0.3) is 0 Å². The lowest BCUT2D eigenvalue weighted by atomic mass is 10.1. The summed E-state index contributed by atoms with van der Waals surface area (Å²) in [6, 6.07) is 0. The van der Waals surface area contributed by atoms with Crippen molar-refractivity contribution < 1.29 is 18.7 Å². The lowest BCUT2D eigenvalue weighted by molar-refractivity contribution is -0.164. The van der Waals surface area contributed by atoms with E-state index < -0.39 is 18.3 Å². The zero-order chi connectivity index (χ0) is 9.90. The summed E-state index contributed by atoms with van der Waals surface area (Å²) < 4.78 is 25.2. The third kappa shape index (κ3) is 2.43. The minimum Gasteiger partial charge on any atom is -0.477 e. The van der Waals surface area contributed by atoms with Gasteiger partial charge in [-0.1, -0.05) is 0 Å². The quantitative estimate of drug-likeness (QED) is 0.759. The molecule has 6 heteroatoms. The average molecular weight is 188 g/mol. The minimum atomic E-state index is -3.76. The molecule has 0 atom stereocenters. The number of carboxylic acid groups (broad SMARTS) is 1. The molecule has 0 saturated carbocycles. The summed E-state index contributed by atoms with van der Waals surface area (Å²) in [6.07, 6.45) is 2.61. The van der Waals surface area contributed by atoms with Crippen LogP contribution in [0.1, 0.15) is 5.56 Å². The topological polar surface area (TPSA) is 63.1 Å². The average Bonchev–Trinajstić information content (AvgIpc) is 2.05. The third-order valence-electron chi connectivity index (χ3n) is 1.35. The van der Waals surface area contributed by atoms with E-state index in [1.165, 1.54) is 6.33 Å². The van der Waals surface area contributed by atoms with Crippen LogP contribution in [0.4, 0.5) is 8.78 Å². The van der Waals surface area contributed by atoms with E-state index in [0.29, 0.717) is 0 Å². The molecule has 0 spiro atoms. The molecule has 13 heavy (non-hydrogen) atoms. The zero-order valence-corrected chi connectivity index (χ0v) is 6.44. The van der Waals surface area contributed by atoms with Crippen LogP contribution in [0.5, 0.6) is 0 Å². The van der Waals surface area contributed by atoms with Gasteiger partial charge in [-0.3, -0.25) is 0 Å². The number of nitrogens with zero attached hydrogens (tertiary/aromatic N) is 2. The zero-order valence-electron chi connectivity index (χ0n) is 6.44. The Bertz CT molecular complexity index is 303. The maximum Gasteiger partial charge on any atom is 0.374 e. The van der Waals surface area contributed by atoms with Crippen LogP contribution in [0.3, 0.4) is 0 Å². The van der Waals surface area contributed by atoms with E-state index in [9.17, 15) is 13.6 Å².